The molecule has 2 amide bonds. The predicted molar refractivity (Wildman–Crippen MR) is 125 cm³/mol. The van der Waals surface area contributed by atoms with Crippen molar-refractivity contribution in [3.8, 4) is 5.75 Å². The molecule has 0 spiro atoms. The zero-order valence-corrected chi connectivity index (χ0v) is 19.4. The Morgan fingerprint density at radius 1 is 1.09 bits per heavy atom. The second-order valence-corrected chi connectivity index (χ2v) is 9.96. The zero-order valence-electron chi connectivity index (χ0n) is 19.4. The van der Waals surface area contributed by atoms with Gasteiger partial charge in [-0.3, -0.25) is 15.0 Å². The highest BCUT2D eigenvalue weighted by Crippen LogP contribution is 2.36. The van der Waals surface area contributed by atoms with Crippen molar-refractivity contribution < 1.29 is 14.3 Å². The Labute approximate surface area is 198 Å². The van der Waals surface area contributed by atoms with Crippen molar-refractivity contribution in [3.63, 3.8) is 0 Å². The van der Waals surface area contributed by atoms with Gasteiger partial charge in [0.05, 0.1) is 24.2 Å². The lowest BCUT2D eigenvalue weighted by molar-refractivity contribution is -0.136. The largest absolute Gasteiger partial charge is 0.493 e. The van der Waals surface area contributed by atoms with Crippen LogP contribution in [0, 0.1) is 17.8 Å². The van der Waals surface area contributed by atoms with Crippen LogP contribution in [0.25, 0.3) is 10.9 Å². The molecule has 0 radical (unpaired) electrons. The van der Waals surface area contributed by atoms with E-state index in [1.165, 1.54) is 0 Å². The lowest BCUT2D eigenvalue weighted by Crippen LogP contribution is -2.44. The van der Waals surface area contributed by atoms with Gasteiger partial charge in [-0.05, 0) is 38.3 Å². The zero-order chi connectivity index (χ0) is 23.2. The van der Waals surface area contributed by atoms with E-state index in [1.54, 1.807) is 6.07 Å². The lowest BCUT2D eigenvalue weighted by atomic mass is 9.82. The number of nitrogens with zero attached hydrogens (tertiary/aromatic N) is 5. The molecular weight excluding hydrogens is 432 g/mol. The van der Waals surface area contributed by atoms with Gasteiger partial charge in [0.2, 0.25) is 5.91 Å². The fraction of sp³-hybridized carbons (Fsp3) is 0.560. The van der Waals surface area contributed by atoms with Crippen molar-refractivity contribution in [1.29, 1.82) is 0 Å². The first-order valence-corrected chi connectivity index (χ1v) is 12.4. The van der Waals surface area contributed by atoms with Gasteiger partial charge in [0.15, 0.2) is 0 Å². The average molecular weight is 463 g/mol. The minimum atomic E-state index is -0.0582. The minimum absolute atomic E-state index is 0.0487. The van der Waals surface area contributed by atoms with Crippen LogP contribution in [0.3, 0.4) is 0 Å². The Kier molecular flexibility index (Phi) is 5.34. The molecule has 6 rings (SSSR count). The Morgan fingerprint density at radius 3 is 2.65 bits per heavy atom. The first-order chi connectivity index (χ1) is 16.6. The quantitative estimate of drug-likeness (QED) is 0.753. The summed E-state index contributed by atoms with van der Waals surface area (Å²) < 4.78 is 5.80. The third-order valence-corrected chi connectivity index (χ3v) is 7.87. The van der Waals surface area contributed by atoms with Crippen molar-refractivity contribution in [2.24, 2.45) is 28.1 Å². The van der Waals surface area contributed by atoms with Gasteiger partial charge in [0.1, 0.15) is 11.4 Å². The summed E-state index contributed by atoms with van der Waals surface area (Å²) >= 11 is 0. The molecule has 9 heteroatoms. The van der Waals surface area contributed by atoms with Gasteiger partial charge < -0.3 is 14.5 Å². The van der Waals surface area contributed by atoms with Gasteiger partial charge in [0, 0.05) is 55.4 Å². The number of pyridine rings is 1. The van der Waals surface area contributed by atoms with Crippen LogP contribution in [0.4, 0.5) is 0 Å². The number of fused-ring (bicyclic) bond motifs is 3. The van der Waals surface area contributed by atoms with E-state index < -0.39 is 0 Å². The Balaban J connectivity index is 1.11. The normalized spacial score (nSPS) is 29.7. The highest BCUT2D eigenvalue weighted by Gasteiger charge is 2.46. The van der Waals surface area contributed by atoms with Crippen molar-refractivity contribution >= 4 is 22.7 Å². The number of likely N-dealkylation sites (tertiary alicyclic amines) is 2. The van der Waals surface area contributed by atoms with Crippen LogP contribution >= 0.6 is 0 Å². The van der Waals surface area contributed by atoms with Crippen molar-refractivity contribution in [2.45, 2.75) is 38.3 Å². The van der Waals surface area contributed by atoms with Gasteiger partial charge in [-0.2, -0.15) is 5.11 Å². The topological polar surface area (TPSA) is 99.5 Å². The van der Waals surface area contributed by atoms with Crippen LogP contribution in [-0.2, 0) is 4.79 Å². The number of aromatic nitrogens is 1. The summed E-state index contributed by atoms with van der Waals surface area (Å²) in [6.07, 6.45) is 2.61. The SMILES string of the molecule is CCOc1cc(C(=O)N2C[C@@H]3CN(C(=O)[C@@H]4CCC5N=NNC5C4)C[C@H]3C2)nc2ccccc12. The third kappa shape index (κ3) is 3.67. The summed E-state index contributed by atoms with van der Waals surface area (Å²) in [5.41, 5.74) is 4.25. The molecule has 4 aliphatic rings. The monoisotopic (exact) mass is 462 g/mol. The number of ether oxygens (including phenoxy) is 1. The number of nitrogens with one attached hydrogen (secondary N) is 1. The standard InChI is InChI=1S/C25H30N6O3/c1-2-34-23-10-22(26-19-6-4-3-5-18(19)23)25(33)31-13-16-11-30(12-17(16)14-31)24(32)15-7-8-20-21(9-15)28-29-27-20/h3-6,10,15-17,20-21H,2,7-9,11-14H2,1H3,(H,27,28)/t15-,16+,17+,20?,21?/m1/s1. The molecule has 34 heavy (non-hydrogen) atoms. The number of hydrogen-bond donors (Lipinski definition) is 1. The Bertz CT molecular complexity index is 1140. The van der Waals surface area contributed by atoms with E-state index in [0.717, 1.165) is 43.3 Å². The van der Waals surface area contributed by atoms with E-state index in [9.17, 15) is 9.59 Å². The summed E-state index contributed by atoms with van der Waals surface area (Å²) in [5, 5.41) is 9.08. The molecule has 1 saturated carbocycles. The Morgan fingerprint density at radius 2 is 1.85 bits per heavy atom. The van der Waals surface area contributed by atoms with Gasteiger partial charge in [0.25, 0.3) is 5.91 Å². The lowest BCUT2D eigenvalue weighted by Gasteiger charge is -2.31. The molecule has 3 fully saturated rings. The molecule has 5 atom stereocenters. The number of carbonyl (C=O) groups is 2. The van der Waals surface area contributed by atoms with Crippen LogP contribution in [0.1, 0.15) is 36.7 Å². The molecule has 2 aromatic rings. The van der Waals surface area contributed by atoms with Crippen LogP contribution in [0.2, 0.25) is 0 Å². The van der Waals surface area contributed by atoms with Gasteiger partial charge in [-0.1, -0.05) is 17.4 Å². The smallest absolute Gasteiger partial charge is 0.272 e. The fourth-order valence-electron chi connectivity index (χ4n) is 6.12. The fourth-order valence-corrected chi connectivity index (χ4v) is 6.12. The summed E-state index contributed by atoms with van der Waals surface area (Å²) in [6, 6.07) is 9.94. The van der Waals surface area contributed by atoms with E-state index in [1.807, 2.05) is 41.0 Å². The third-order valence-electron chi connectivity index (χ3n) is 7.87. The maximum absolute atomic E-state index is 13.3. The number of amides is 2. The number of para-hydroxylation sites is 1. The van der Waals surface area contributed by atoms with Gasteiger partial charge in [-0.15, -0.1) is 0 Å². The highest BCUT2D eigenvalue weighted by atomic mass is 16.5. The number of hydrogen-bond acceptors (Lipinski definition) is 7. The van der Waals surface area contributed by atoms with Gasteiger partial charge >= 0.3 is 0 Å². The molecular formula is C25H30N6O3. The minimum Gasteiger partial charge on any atom is -0.493 e. The molecule has 1 N–H and O–H groups in total. The molecule has 2 saturated heterocycles. The van der Waals surface area contributed by atoms with E-state index in [-0.39, 0.29) is 29.8 Å². The van der Waals surface area contributed by atoms with Crippen molar-refractivity contribution in [3.05, 3.63) is 36.0 Å². The molecule has 0 bridgehead atoms. The molecule has 2 unspecified atom stereocenters. The van der Waals surface area contributed by atoms with E-state index in [0.29, 0.717) is 43.0 Å². The molecule has 1 aromatic carbocycles. The number of benzene rings is 1. The average Bonchev–Trinajstić information content (AvgIpc) is 3.57. The summed E-state index contributed by atoms with van der Waals surface area (Å²) in [6.45, 7) is 5.26. The van der Waals surface area contributed by atoms with Gasteiger partial charge in [-0.25, -0.2) is 4.98 Å². The summed E-state index contributed by atoms with van der Waals surface area (Å²) in [5.74, 6) is 1.60. The molecule has 178 valence electrons. The number of rotatable bonds is 4. The van der Waals surface area contributed by atoms with Crippen LogP contribution in [0.15, 0.2) is 40.7 Å². The molecule has 4 heterocycles. The number of carbonyl (C=O) groups excluding carboxylic acids is 2. The highest BCUT2D eigenvalue weighted by molar-refractivity contribution is 5.97. The maximum Gasteiger partial charge on any atom is 0.272 e. The summed E-state index contributed by atoms with van der Waals surface area (Å²) in [7, 11) is 0. The molecule has 1 aliphatic carbocycles. The molecule has 3 aliphatic heterocycles. The predicted octanol–water partition coefficient (Wildman–Crippen LogP) is 2.67. The van der Waals surface area contributed by atoms with Crippen LogP contribution in [-0.4, -0.2) is 71.5 Å². The second-order valence-electron chi connectivity index (χ2n) is 9.96. The first kappa shape index (κ1) is 21.3. The van der Waals surface area contributed by atoms with E-state index >= 15 is 0 Å². The van der Waals surface area contributed by atoms with Crippen molar-refractivity contribution in [2.75, 3.05) is 32.8 Å². The molecule has 9 nitrogen and oxygen atoms in total. The first-order valence-electron chi connectivity index (χ1n) is 12.4. The van der Waals surface area contributed by atoms with Crippen molar-refractivity contribution in [1.82, 2.24) is 20.2 Å². The van der Waals surface area contributed by atoms with Crippen LogP contribution in [0.5, 0.6) is 5.75 Å². The summed E-state index contributed by atoms with van der Waals surface area (Å²) in [4.78, 5) is 35.1. The second kappa shape index (κ2) is 8.52. The maximum atomic E-state index is 13.3. The van der Waals surface area contributed by atoms with E-state index in [2.05, 4.69) is 20.7 Å². The Hall–Kier alpha value is -3.23. The van der Waals surface area contributed by atoms with Crippen LogP contribution < -0.4 is 10.2 Å². The molecule has 1 aromatic heterocycles. The van der Waals surface area contributed by atoms with E-state index in [4.69, 9.17) is 4.74 Å².